The summed E-state index contributed by atoms with van der Waals surface area (Å²) in [6, 6.07) is 6.45. The summed E-state index contributed by atoms with van der Waals surface area (Å²) in [6.45, 7) is -1.41. The second-order valence-corrected chi connectivity index (χ2v) is 4.10. The lowest BCUT2D eigenvalue weighted by atomic mass is 10.3. The van der Waals surface area contributed by atoms with Gasteiger partial charge >= 0.3 is 6.18 Å². The predicted molar refractivity (Wildman–Crippen MR) is 61.9 cm³/mol. The molecule has 0 radical (unpaired) electrons. The van der Waals surface area contributed by atoms with E-state index in [1.54, 1.807) is 24.3 Å². The summed E-state index contributed by atoms with van der Waals surface area (Å²) in [7, 11) is 0. The summed E-state index contributed by atoms with van der Waals surface area (Å²) in [5.41, 5.74) is 0. The summed E-state index contributed by atoms with van der Waals surface area (Å²) in [4.78, 5) is 0. The second-order valence-electron chi connectivity index (χ2n) is 3.66. The van der Waals surface area contributed by atoms with E-state index in [4.69, 9.17) is 16.3 Å². The van der Waals surface area contributed by atoms with Crippen LogP contribution in [-0.2, 0) is 0 Å². The fourth-order valence-electron chi connectivity index (χ4n) is 1.16. The summed E-state index contributed by atoms with van der Waals surface area (Å²) in [5, 5.41) is 12.0. The average Bonchev–Trinajstić information content (AvgIpc) is 2.26. The Kier molecular flexibility index (Phi) is 5.71. The molecule has 0 amide bonds. The first-order chi connectivity index (χ1) is 8.37. The Morgan fingerprint density at radius 2 is 1.89 bits per heavy atom. The zero-order valence-corrected chi connectivity index (χ0v) is 10.1. The second kappa shape index (κ2) is 6.82. The number of halogens is 4. The molecule has 102 valence electrons. The highest BCUT2D eigenvalue weighted by atomic mass is 35.5. The molecule has 0 aromatic heterocycles. The van der Waals surface area contributed by atoms with Crippen molar-refractivity contribution in [3.05, 3.63) is 29.3 Å². The average molecular weight is 284 g/mol. The van der Waals surface area contributed by atoms with Crippen molar-refractivity contribution in [1.29, 1.82) is 0 Å². The number of rotatable bonds is 6. The molecule has 1 aromatic rings. The lowest BCUT2D eigenvalue weighted by molar-refractivity contribution is -0.125. The van der Waals surface area contributed by atoms with Gasteiger partial charge in [-0.25, -0.2) is 0 Å². The van der Waals surface area contributed by atoms with E-state index < -0.39 is 18.8 Å². The molecule has 1 atom stereocenters. The van der Waals surface area contributed by atoms with Crippen molar-refractivity contribution in [2.24, 2.45) is 0 Å². The van der Waals surface area contributed by atoms with Gasteiger partial charge in [0.1, 0.15) is 18.5 Å². The van der Waals surface area contributed by atoms with Gasteiger partial charge in [-0.15, -0.1) is 0 Å². The van der Waals surface area contributed by atoms with E-state index in [0.29, 0.717) is 10.8 Å². The molecule has 1 unspecified atom stereocenters. The van der Waals surface area contributed by atoms with E-state index in [2.05, 4.69) is 5.32 Å². The number of aliphatic hydroxyl groups is 1. The molecule has 0 saturated heterocycles. The predicted octanol–water partition coefficient (Wildman–Crippen LogP) is 2.23. The van der Waals surface area contributed by atoms with Crippen LogP contribution in [0, 0.1) is 0 Å². The number of ether oxygens (including phenoxy) is 1. The fourth-order valence-corrected chi connectivity index (χ4v) is 1.29. The van der Waals surface area contributed by atoms with Crippen molar-refractivity contribution in [2.45, 2.75) is 12.3 Å². The molecule has 7 heteroatoms. The maximum atomic E-state index is 11.8. The van der Waals surface area contributed by atoms with Crippen molar-refractivity contribution in [3.63, 3.8) is 0 Å². The molecule has 1 rings (SSSR count). The minimum Gasteiger partial charge on any atom is -0.491 e. The van der Waals surface area contributed by atoms with Crippen LogP contribution in [0.3, 0.4) is 0 Å². The van der Waals surface area contributed by atoms with Gasteiger partial charge in [-0.2, -0.15) is 13.2 Å². The van der Waals surface area contributed by atoms with Crippen LogP contribution < -0.4 is 10.1 Å². The Balaban J connectivity index is 2.21. The first-order valence-electron chi connectivity index (χ1n) is 5.21. The number of hydrogen-bond acceptors (Lipinski definition) is 3. The third-order valence-electron chi connectivity index (χ3n) is 1.96. The van der Waals surface area contributed by atoms with Crippen molar-refractivity contribution in [3.8, 4) is 5.75 Å². The molecule has 1 aromatic carbocycles. The van der Waals surface area contributed by atoms with E-state index in [1.807, 2.05) is 0 Å². The number of alkyl halides is 3. The molecule has 0 bridgehead atoms. The topological polar surface area (TPSA) is 41.5 Å². The lowest BCUT2D eigenvalue weighted by Crippen LogP contribution is -2.37. The summed E-state index contributed by atoms with van der Waals surface area (Å²) < 4.78 is 40.6. The normalized spacial score (nSPS) is 13.4. The van der Waals surface area contributed by atoms with Crippen molar-refractivity contribution in [2.75, 3.05) is 19.7 Å². The molecule has 0 aliphatic rings. The molecule has 0 saturated carbocycles. The van der Waals surface area contributed by atoms with E-state index in [9.17, 15) is 18.3 Å². The van der Waals surface area contributed by atoms with Crippen LogP contribution in [0.4, 0.5) is 13.2 Å². The van der Waals surface area contributed by atoms with Gasteiger partial charge in [-0.05, 0) is 24.3 Å². The van der Waals surface area contributed by atoms with Crippen LogP contribution in [-0.4, -0.2) is 37.1 Å². The summed E-state index contributed by atoms with van der Waals surface area (Å²) in [6.07, 6.45) is -5.29. The zero-order chi connectivity index (χ0) is 13.6. The molecule has 0 spiro atoms. The molecule has 0 fully saturated rings. The van der Waals surface area contributed by atoms with Crippen molar-refractivity contribution in [1.82, 2.24) is 5.32 Å². The molecular weight excluding hydrogens is 271 g/mol. The zero-order valence-electron chi connectivity index (χ0n) is 9.38. The van der Waals surface area contributed by atoms with Crippen LogP contribution in [0.25, 0.3) is 0 Å². The summed E-state index contributed by atoms with van der Waals surface area (Å²) >= 11 is 5.66. The van der Waals surface area contributed by atoms with Crippen LogP contribution in [0.5, 0.6) is 5.75 Å². The highest BCUT2D eigenvalue weighted by Crippen LogP contribution is 2.15. The highest BCUT2D eigenvalue weighted by molar-refractivity contribution is 6.30. The van der Waals surface area contributed by atoms with Crippen LogP contribution in [0.15, 0.2) is 24.3 Å². The third kappa shape index (κ3) is 6.68. The molecule has 0 aliphatic carbocycles. The van der Waals surface area contributed by atoms with E-state index in [0.717, 1.165) is 0 Å². The molecule has 2 N–H and O–H groups in total. The quantitative estimate of drug-likeness (QED) is 0.841. The Morgan fingerprint density at radius 3 is 2.44 bits per heavy atom. The van der Waals surface area contributed by atoms with Crippen LogP contribution in [0.1, 0.15) is 0 Å². The highest BCUT2D eigenvalue weighted by Gasteiger charge is 2.26. The number of aliphatic hydroxyl groups excluding tert-OH is 1. The number of benzene rings is 1. The minimum absolute atomic E-state index is 0.0908. The molecule has 0 heterocycles. The van der Waals surface area contributed by atoms with Crippen LogP contribution in [0.2, 0.25) is 5.02 Å². The Labute approximate surface area is 108 Å². The van der Waals surface area contributed by atoms with Gasteiger partial charge in [0.05, 0.1) is 6.54 Å². The van der Waals surface area contributed by atoms with Crippen molar-refractivity contribution < 1.29 is 23.0 Å². The first kappa shape index (κ1) is 15.1. The molecule has 0 aliphatic heterocycles. The monoisotopic (exact) mass is 283 g/mol. The minimum atomic E-state index is -4.28. The first-order valence-corrected chi connectivity index (χ1v) is 5.58. The number of hydrogen-bond donors (Lipinski definition) is 2. The smallest absolute Gasteiger partial charge is 0.401 e. The molecular formula is C11H13ClF3NO2. The van der Waals surface area contributed by atoms with Gasteiger partial charge in [-0.3, -0.25) is 0 Å². The standard InChI is InChI=1S/C11H13ClF3NO2/c12-8-1-3-10(4-2-8)18-6-9(17)5-16-7-11(13,14)15/h1-4,9,16-17H,5-7H2. The van der Waals surface area contributed by atoms with E-state index in [1.165, 1.54) is 0 Å². The maximum absolute atomic E-state index is 11.8. The Morgan fingerprint density at radius 1 is 1.28 bits per heavy atom. The molecule has 3 nitrogen and oxygen atoms in total. The maximum Gasteiger partial charge on any atom is 0.401 e. The van der Waals surface area contributed by atoms with Gasteiger partial charge in [-0.1, -0.05) is 11.6 Å². The third-order valence-corrected chi connectivity index (χ3v) is 2.21. The number of nitrogens with one attached hydrogen (secondary N) is 1. The van der Waals surface area contributed by atoms with E-state index >= 15 is 0 Å². The van der Waals surface area contributed by atoms with Crippen LogP contribution >= 0.6 is 11.6 Å². The van der Waals surface area contributed by atoms with Crippen molar-refractivity contribution >= 4 is 11.6 Å². The summed E-state index contributed by atoms with van der Waals surface area (Å²) in [5.74, 6) is 0.495. The largest absolute Gasteiger partial charge is 0.491 e. The fraction of sp³-hybridized carbons (Fsp3) is 0.455. The lowest BCUT2D eigenvalue weighted by Gasteiger charge is -2.14. The van der Waals surface area contributed by atoms with Gasteiger partial charge in [0, 0.05) is 11.6 Å². The van der Waals surface area contributed by atoms with Gasteiger partial charge in [0.2, 0.25) is 0 Å². The van der Waals surface area contributed by atoms with E-state index in [-0.39, 0.29) is 13.2 Å². The SMILES string of the molecule is OC(CNCC(F)(F)F)COc1ccc(Cl)cc1. The molecule has 18 heavy (non-hydrogen) atoms. The Hall–Kier alpha value is -0.980. The van der Waals surface area contributed by atoms with Gasteiger partial charge < -0.3 is 15.2 Å². The van der Waals surface area contributed by atoms with Gasteiger partial charge in [0.15, 0.2) is 0 Å². The van der Waals surface area contributed by atoms with Gasteiger partial charge in [0.25, 0.3) is 0 Å². The Bertz CT molecular complexity index is 356.